The first-order chi connectivity index (χ1) is 41.8. The number of aromatic hydroxyl groups is 1. The van der Waals surface area contributed by atoms with E-state index in [0.717, 1.165) is 107 Å². The first kappa shape index (κ1) is 69.0. The minimum atomic E-state index is 0.250. The molecule has 0 aliphatic heterocycles. The van der Waals surface area contributed by atoms with E-state index in [2.05, 4.69) is 167 Å². The number of hydrogen-bond donors (Lipinski definition) is 1. The van der Waals surface area contributed by atoms with Gasteiger partial charge in [0.25, 0.3) is 0 Å². The second kappa shape index (κ2) is 28.4. The van der Waals surface area contributed by atoms with E-state index in [4.69, 9.17) is 57.4 Å². The van der Waals surface area contributed by atoms with Gasteiger partial charge in [-0.1, -0.05) is 169 Å². The Balaban J connectivity index is 0.000000164. The third-order valence-electron chi connectivity index (χ3n) is 23.1. The van der Waals surface area contributed by atoms with E-state index in [1.165, 1.54) is 59.9 Å². The molecule has 15 rings (SSSR count). The van der Waals surface area contributed by atoms with Crippen LogP contribution in [0.1, 0.15) is 147 Å². The van der Waals surface area contributed by atoms with E-state index < -0.39 is 0 Å². The monoisotopic (exact) mass is 1200 g/mol. The van der Waals surface area contributed by atoms with Crippen molar-refractivity contribution in [1.82, 2.24) is 0 Å². The van der Waals surface area contributed by atoms with E-state index in [1.54, 1.807) is 30.7 Å². The second-order valence-electron chi connectivity index (χ2n) is 25.3. The molecule has 464 valence electrons. The summed E-state index contributed by atoms with van der Waals surface area (Å²) >= 11 is 1.96. The van der Waals surface area contributed by atoms with Crippen molar-refractivity contribution in [2.75, 3.05) is 14.2 Å². The molecular weight excluding hydrogens is 1120 g/mol. The highest BCUT2D eigenvalue weighted by atomic mass is 32.1. The summed E-state index contributed by atoms with van der Waals surface area (Å²) in [5, 5.41) is 11.7. The SMILES string of the molecule is CC[C@@H]1C2[C@@H](C)C21c1cc(C)cc(OC)c1.CC[C@@H]1C2[C@@H](C)C21c1cccc(O)c1.CC[C@@H]1C2[C@@H](C)C21c1cccc(OC)c1.CC[C@@H]1C2[C@@H](C)C21c1cccs1.CCc1ccc(C23C([C@H]2C)[C@H]3CC)cc1.O=C=O.O=C=O.O=C=O.O=C=O.O=C=O. The van der Waals surface area contributed by atoms with Crippen LogP contribution < -0.4 is 9.47 Å². The number of benzene rings is 4. The molecule has 0 saturated heterocycles. The summed E-state index contributed by atoms with van der Waals surface area (Å²) in [6, 6.07) is 37.1. The van der Waals surface area contributed by atoms with Gasteiger partial charge in [-0.15, -0.1) is 11.3 Å². The Labute approximate surface area is 517 Å². The van der Waals surface area contributed by atoms with Gasteiger partial charge >= 0.3 is 30.8 Å². The molecule has 10 unspecified atom stereocenters. The van der Waals surface area contributed by atoms with Gasteiger partial charge in [0.15, 0.2) is 0 Å². The van der Waals surface area contributed by atoms with Crippen LogP contribution in [0.25, 0.3) is 0 Å². The number of methoxy groups -OCH3 is 2. The zero-order valence-electron chi connectivity index (χ0n) is 53.0. The van der Waals surface area contributed by atoms with E-state index in [9.17, 15) is 5.11 Å². The molecule has 0 bridgehead atoms. The summed E-state index contributed by atoms with van der Waals surface area (Å²) < 4.78 is 10.7. The van der Waals surface area contributed by atoms with Crippen LogP contribution in [-0.4, -0.2) is 50.1 Å². The van der Waals surface area contributed by atoms with Gasteiger partial charge in [0.1, 0.15) is 17.2 Å². The lowest BCUT2D eigenvalue weighted by molar-refractivity contribution is -0.193. The van der Waals surface area contributed by atoms with Gasteiger partial charge in [-0.25, -0.2) is 0 Å². The highest BCUT2D eigenvalue weighted by molar-refractivity contribution is 7.10. The van der Waals surface area contributed by atoms with Gasteiger partial charge in [-0.2, -0.15) is 47.9 Å². The van der Waals surface area contributed by atoms with Crippen molar-refractivity contribution >= 4 is 42.1 Å². The fraction of sp³-hybridized carbons (Fsp3) is 0.548. The predicted molar refractivity (Wildman–Crippen MR) is 325 cm³/mol. The Morgan fingerprint density at radius 1 is 0.414 bits per heavy atom. The average molecular weight is 1210 g/mol. The van der Waals surface area contributed by atoms with Crippen LogP contribution in [-0.2, 0) is 81.4 Å². The lowest BCUT2D eigenvalue weighted by Crippen LogP contribution is -2.10. The van der Waals surface area contributed by atoms with Crippen molar-refractivity contribution in [1.29, 1.82) is 0 Å². The fourth-order valence-corrected chi connectivity index (χ4v) is 20.2. The molecule has 10 aliphatic carbocycles. The third kappa shape index (κ3) is 11.9. The summed E-state index contributed by atoms with van der Waals surface area (Å²) in [5.41, 5.74) is 11.7. The van der Waals surface area contributed by atoms with E-state index in [1.807, 2.05) is 29.5 Å². The third-order valence-corrected chi connectivity index (χ3v) is 24.1. The van der Waals surface area contributed by atoms with Crippen LogP contribution in [0.4, 0.5) is 0 Å². The minimum Gasteiger partial charge on any atom is -0.508 e. The van der Waals surface area contributed by atoms with Crippen LogP contribution >= 0.6 is 11.3 Å². The number of aryl methyl sites for hydroxylation is 2. The molecule has 13 nitrogen and oxygen atoms in total. The summed E-state index contributed by atoms with van der Waals surface area (Å²) in [6.45, 7) is 27.9. The standard InChI is InChI=1S/C15H20O.C15H20.C14H18O.C13H16O.C11H14S.5CO2/c1-5-13-14-10(3)15(13,14)11-6-9(2)7-12(8-11)16-4;1-4-11-6-8-12(9-7-11)15-10(3)14(15)13(15)5-2;1-4-12-13-9(2)14(12,13)10-6-5-7-11(8-10)15-3;1-3-11-12-8(2)13(11,12)9-5-4-6-10(14)7-9;1-3-8-10-7(2)11(8,10)9-5-4-6-12-9;5*2-1-3/h6-8,10,13-14H,5H2,1-4H3;6-10,13-14H,4-5H2,1-3H3;5-9,12-13H,4H2,1-3H3;4-8,11-12,14H,3H2,1-2H3;4-8,10H,3H2,1-2H3;;;;;/t2*10-,13-,14?,15?;9-,12-,13?,14?;8-,11-,12?,13?;7-,8-,10?,11?;;;;;/m11111...../s1. The molecule has 10 aliphatic rings. The Hall–Kier alpha value is -7.12. The molecule has 4 aromatic carbocycles. The maximum Gasteiger partial charge on any atom is 0.373 e. The van der Waals surface area contributed by atoms with E-state index in [-0.39, 0.29) is 30.8 Å². The topological polar surface area (TPSA) is 209 Å². The molecule has 87 heavy (non-hydrogen) atoms. The van der Waals surface area contributed by atoms with Gasteiger partial charge in [-0.3, -0.25) is 0 Å². The molecular formula is C73H88O13S. The van der Waals surface area contributed by atoms with Gasteiger partial charge in [0.05, 0.1) is 14.2 Å². The maximum absolute atomic E-state index is 9.47. The van der Waals surface area contributed by atoms with Crippen LogP contribution in [0.2, 0.25) is 0 Å². The van der Waals surface area contributed by atoms with E-state index in [0.29, 0.717) is 32.8 Å². The van der Waals surface area contributed by atoms with Gasteiger partial charge in [0.2, 0.25) is 0 Å². The number of thiophene rings is 1. The summed E-state index contributed by atoms with van der Waals surface area (Å²) in [6.07, 6.45) is 9.09. The summed E-state index contributed by atoms with van der Waals surface area (Å²) in [4.78, 5) is 82.9. The number of carbonyl (C=O) groups excluding carboxylic acids is 10. The number of phenolic OH excluding ortho intramolecular Hbond substituents is 1. The average Bonchev–Trinajstić information content (AvgIpc) is 1.50. The lowest BCUT2D eigenvalue weighted by Gasteiger charge is -2.17. The first-order valence-corrected chi connectivity index (χ1v) is 31.9. The first-order valence-electron chi connectivity index (χ1n) is 31.0. The number of rotatable bonds is 13. The second-order valence-corrected chi connectivity index (χ2v) is 26.2. The highest BCUT2D eigenvalue weighted by Crippen LogP contribution is 2.88. The van der Waals surface area contributed by atoms with E-state index >= 15 is 0 Å². The molecule has 1 N–H and O–H groups in total. The molecule has 0 amide bonds. The molecule has 10 fully saturated rings. The normalized spacial score (nSPS) is 35.4. The van der Waals surface area contributed by atoms with Crippen LogP contribution in [0, 0.1) is 95.7 Å². The van der Waals surface area contributed by atoms with Crippen molar-refractivity contribution in [2.24, 2.45) is 88.8 Å². The Kier molecular flexibility index (Phi) is 22.5. The van der Waals surface area contributed by atoms with Crippen molar-refractivity contribution in [2.45, 2.75) is 149 Å². The number of fused-ring (bicyclic) bond motifs is 5. The Morgan fingerprint density at radius 3 is 1.10 bits per heavy atom. The molecule has 20 atom stereocenters. The number of ether oxygens (including phenoxy) is 2. The lowest BCUT2D eigenvalue weighted by atomic mass is 9.89. The zero-order chi connectivity index (χ0) is 64.6. The smallest absolute Gasteiger partial charge is 0.373 e. The fourth-order valence-electron chi connectivity index (χ4n) is 19.0. The molecule has 1 aromatic heterocycles. The molecule has 14 heteroatoms. The zero-order valence-corrected chi connectivity index (χ0v) is 53.9. The molecule has 10 saturated carbocycles. The Bertz CT molecular complexity index is 3210. The maximum atomic E-state index is 9.47. The van der Waals surface area contributed by atoms with Gasteiger partial charge in [-0.05, 0) is 183 Å². The molecule has 1 heterocycles. The molecule has 0 spiro atoms. The molecule has 5 aromatic rings. The minimum absolute atomic E-state index is 0.250. The van der Waals surface area contributed by atoms with Crippen molar-refractivity contribution in [3.8, 4) is 17.2 Å². The van der Waals surface area contributed by atoms with Crippen LogP contribution in [0.3, 0.4) is 0 Å². The highest BCUT2D eigenvalue weighted by Gasteiger charge is 2.86. The number of phenols is 1. The quantitative estimate of drug-likeness (QED) is 0.116. The Morgan fingerprint density at radius 2 is 0.770 bits per heavy atom. The van der Waals surface area contributed by atoms with Gasteiger partial charge < -0.3 is 14.6 Å². The largest absolute Gasteiger partial charge is 0.508 e. The predicted octanol–water partition coefficient (Wildman–Crippen LogP) is 13.9. The summed E-state index contributed by atoms with van der Waals surface area (Å²) in [5.74, 6) is 16.7. The summed E-state index contributed by atoms with van der Waals surface area (Å²) in [7, 11) is 3.50. The van der Waals surface area contributed by atoms with Crippen molar-refractivity contribution < 1.29 is 62.5 Å². The van der Waals surface area contributed by atoms with Crippen LogP contribution in [0.15, 0.2) is 109 Å². The molecule has 0 radical (unpaired) electrons. The van der Waals surface area contributed by atoms with Gasteiger partial charge in [0, 0.05) is 32.0 Å². The van der Waals surface area contributed by atoms with Crippen LogP contribution in [0.5, 0.6) is 17.2 Å². The number of hydrogen-bond acceptors (Lipinski definition) is 14. The van der Waals surface area contributed by atoms with Crippen molar-refractivity contribution in [3.05, 3.63) is 147 Å². The van der Waals surface area contributed by atoms with Crippen molar-refractivity contribution in [3.63, 3.8) is 0 Å².